The highest BCUT2D eigenvalue weighted by Gasteiger charge is 2.51. The van der Waals surface area contributed by atoms with E-state index in [4.69, 9.17) is 27.9 Å². The number of carbonyl (C=O) groups excluding carboxylic acids is 2. The fourth-order valence-corrected chi connectivity index (χ4v) is 5.82. The summed E-state index contributed by atoms with van der Waals surface area (Å²) < 4.78 is 5.54. The van der Waals surface area contributed by atoms with Gasteiger partial charge in [0.05, 0.1) is 35.4 Å². The Bertz CT molecular complexity index is 1030. The summed E-state index contributed by atoms with van der Waals surface area (Å²) in [5.41, 5.74) is 1.02. The number of halogens is 2. The Morgan fingerprint density at radius 2 is 1.97 bits per heavy atom. The molecule has 2 fully saturated rings. The molecule has 2 aliphatic heterocycles. The summed E-state index contributed by atoms with van der Waals surface area (Å²) in [4.78, 5) is 35.0. The Labute approximate surface area is 217 Å². The number of ether oxygens (including phenoxy) is 1. The minimum atomic E-state index is -0.809. The predicted molar refractivity (Wildman–Crippen MR) is 138 cm³/mol. The Kier molecular flexibility index (Phi) is 8.48. The third kappa shape index (κ3) is 5.72. The van der Waals surface area contributed by atoms with E-state index < -0.39 is 5.41 Å². The first kappa shape index (κ1) is 26.1. The van der Waals surface area contributed by atoms with Gasteiger partial charge in [-0.15, -0.1) is 0 Å². The fourth-order valence-electron chi connectivity index (χ4n) is 5.51. The zero-order valence-corrected chi connectivity index (χ0v) is 21.8. The van der Waals surface area contributed by atoms with Crippen molar-refractivity contribution in [1.82, 2.24) is 14.8 Å². The number of amides is 1. The van der Waals surface area contributed by atoms with E-state index in [9.17, 15) is 9.59 Å². The van der Waals surface area contributed by atoms with Crippen LogP contribution in [0.4, 0.5) is 0 Å². The average molecular weight is 518 g/mol. The number of pyridine rings is 1. The molecule has 1 amide bonds. The maximum absolute atomic E-state index is 14.2. The van der Waals surface area contributed by atoms with Crippen LogP contribution in [-0.4, -0.2) is 65.9 Å². The molecule has 0 aliphatic carbocycles. The largest absolute Gasteiger partial charge is 0.379 e. The number of nitrogens with zero attached hydrogens (tertiary/aromatic N) is 3. The van der Waals surface area contributed by atoms with E-state index in [1.165, 1.54) is 0 Å². The highest BCUT2D eigenvalue weighted by Crippen LogP contribution is 2.51. The van der Waals surface area contributed by atoms with E-state index in [0.717, 1.165) is 43.6 Å². The van der Waals surface area contributed by atoms with Gasteiger partial charge in [-0.2, -0.15) is 0 Å². The maximum atomic E-state index is 14.2. The Hall–Kier alpha value is -1.99. The van der Waals surface area contributed by atoms with Gasteiger partial charge in [0, 0.05) is 49.2 Å². The number of piperidine rings is 1. The van der Waals surface area contributed by atoms with Crippen LogP contribution in [0.2, 0.25) is 10.0 Å². The van der Waals surface area contributed by atoms with E-state index >= 15 is 0 Å². The molecular weight excluding hydrogens is 485 g/mol. The molecule has 1 aromatic carbocycles. The van der Waals surface area contributed by atoms with Gasteiger partial charge in [-0.25, -0.2) is 0 Å². The van der Waals surface area contributed by atoms with Crippen LogP contribution in [0.15, 0.2) is 42.6 Å². The topological polar surface area (TPSA) is 62.7 Å². The van der Waals surface area contributed by atoms with Gasteiger partial charge in [-0.05, 0) is 42.7 Å². The van der Waals surface area contributed by atoms with Gasteiger partial charge in [0.25, 0.3) is 0 Å². The molecule has 6 nitrogen and oxygen atoms in total. The summed E-state index contributed by atoms with van der Waals surface area (Å²) in [5, 5.41) is 1.19. The second-order valence-corrected chi connectivity index (χ2v) is 10.7. The van der Waals surface area contributed by atoms with Crippen molar-refractivity contribution in [2.24, 2.45) is 5.41 Å². The summed E-state index contributed by atoms with van der Waals surface area (Å²) in [7, 11) is 0. The normalized spacial score (nSPS) is 26.5. The number of aldehydes is 1. The summed E-state index contributed by atoms with van der Waals surface area (Å²) in [6, 6.07) is 11.2. The van der Waals surface area contributed by atoms with Gasteiger partial charge in [-0.3, -0.25) is 14.7 Å². The van der Waals surface area contributed by atoms with Gasteiger partial charge < -0.3 is 14.4 Å². The van der Waals surface area contributed by atoms with Crippen LogP contribution in [0.1, 0.15) is 56.3 Å². The molecule has 0 N–H and O–H groups in total. The predicted octanol–water partition coefficient (Wildman–Crippen LogP) is 5.15. The number of carbonyl (C=O) groups is 2. The minimum absolute atomic E-state index is 0.00439. The van der Waals surface area contributed by atoms with Crippen LogP contribution in [0, 0.1) is 5.41 Å². The van der Waals surface area contributed by atoms with Crippen molar-refractivity contribution in [3.63, 3.8) is 0 Å². The van der Waals surface area contributed by atoms with E-state index in [0.29, 0.717) is 29.7 Å². The van der Waals surface area contributed by atoms with E-state index in [1.807, 2.05) is 42.2 Å². The Morgan fingerprint density at radius 1 is 1.20 bits per heavy atom. The number of rotatable bonds is 8. The van der Waals surface area contributed by atoms with Crippen molar-refractivity contribution < 1.29 is 14.3 Å². The van der Waals surface area contributed by atoms with Crippen molar-refractivity contribution in [2.75, 3.05) is 32.8 Å². The summed E-state index contributed by atoms with van der Waals surface area (Å²) in [6.45, 7) is 7.85. The smallest absolute Gasteiger partial charge is 0.229 e. The molecule has 1 unspecified atom stereocenters. The molecule has 0 saturated carbocycles. The maximum Gasteiger partial charge on any atom is 0.229 e. The molecule has 8 heteroatoms. The number of benzene rings is 1. The molecular formula is C27H33Cl2N3O3. The molecule has 1 aromatic heterocycles. The Balaban J connectivity index is 1.83. The van der Waals surface area contributed by atoms with E-state index in [2.05, 4.69) is 22.9 Å². The molecule has 2 aromatic rings. The van der Waals surface area contributed by atoms with Crippen LogP contribution >= 0.6 is 23.2 Å². The number of hydrogen-bond acceptors (Lipinski definition) is 5. The lowest BCUT2D eigenvalue weighted by atomic mass is 9.67. The van der Waals surface area contributed by atoms with Gasteiger partial charge in [-0.1, -0.05) is 49.2 Å². The molecule has 0 bridgehead atoms. The lowest BCUT2D eigenvalue weighted by Gasteiger charge is -2.52. The summed E-state index contributed by atoms with van der Waals surface area (Å²) >= 11 is 12.6. The first-order chi connectivity index (χ1) is 16.9. The van der Waals surface area contributed by atoms with Gasteiger partial charge in [0.15, 0.2) is 0 Å². The molecule has 3 heterocycles. The fraction of sp³-hybridized carbons (Fsp3) is 0.519. The lowest BCUT2D eigenvalue weighted by molar-refractivity contribution is -0.157. The van der Waals surface area contributed by atoms with Crippen LogP contribution in [0.25, 0.3) is 0 Å². The molecule has 2 saturated heterocycles. The zero-order valence-electron chi connectivity index (χ0n) is 20.3. The third-order valence-corrected chi connectivity index (χ3v) is 7.86. The minimum Gasteiger partial charge on any atom is -0.379 e. The quantitative estimate of drug-likeness (QED) is 0.453. The molecule has 0 radical (unpaired) electrons. The highest BCUT2D eigenvalue weighted by molar-refractivity contribution is 6.30. The monoisotopic (exact) mass is 517 g/mol. The first-order valence-corrected chi connectivity index (χ1v) is 13.1. The molecule has 0 spiro atoms. The molecule has 2 aliphatic rings. The molecule has 188 valence electrons. The first-order valence-electron chi connectivity index (χ1n) is 12.3. The third-order valence-electron chi connectivity index (χ3n) is 7.40. The number of likely N-dealkylation sites (tertiary alicyclic amines) is 1. The second kappa shape index (κ2) is 11.4. The SMILES string of the molecule is CCC(CN1CCOCC1)N1C(=O)[C@@](C)(CC=O)C[C@H](c2cccc(Cl)c2)[C@H]1c1ccc(Cl)cn1. The van der Waals surface area contributed by atoms with Crippen LogP contribution in [0.5, 0.6) is 0 Å². The average Bonchev–Trinajstić information content (AvgIpc) is 2.86. The molecule has 4 atom stereocenters. The number of hydrogen-bond donors (Lipinski definition) is 0. The number of morpholine rings is 1. The zero-order chi connectivity index (χ0) is 25.0. The summed E-state index contributed by atoms with van der Waals surface area (Å²) in [5.74, 6) is -0.0755. The van der Waals surface area contributed by atoms with Crippen LogP contribution in [-0.2, 0) is 14.3 Å². The number of aromatic nitrogens is 1. The van der Waals surface area contributed by atoms with Crippen molar-refractivity contribution in [1.29, 1.82) is 0 Å². The molecule has 4 rings (SSSR count). The molecule has 35 heavy (non-hydrogen) atoms. The van der Waals surface area contributed by atoms with Gasteiger partial charge in [0.1, 0.15) is 6.29 Å². The summed E-state index contributed by atoms with van der Waals surface area (Å²) in [6.07, 6.45) is 4.00. The van der Waals surface area contributed by atoms with Crippen LogP contribution in [0.3, 0.4) is 0 Å². The van der Waals surface area contributed by atoms with Crippen molar-refractivity contribution in [3.05, 3.63) is 63.9 Å². The van der Waals surface area contributed by atoms with Gasteiger partial charge >= 0.3 is 0 Å². The Morgan fingerprint density at radius 3 is 2.60 bits per heavy atom. The van der Waals surface area contributed by atoms with Crippen molar-refractivity contribution in [2.45, 2.75) is 51.1 Å². The van der Waals surface area contributed by atoms with Gasteiger partial charge in [0.2, 0.25) is 5.91 Å². The van der Waals surface area contributed by atoms with Crippen molar-refractivity contribution >= 4 is 35.4 Å². The van der Waals surface area contributed by atoms with E-state index in [-0.39, 0.29) is 30.3 Å². The lowest BCUT2D eigenvalue weighted by Crippen LogP contribution is -2.58. The second-order valence-electron chi connectivity index (χ2n) is 9.83. The highest BCUT2D eigenvalue weighted by atomic mass is 35.5. The van der Waals surface area contributed by atoms with Crippen LogP contribution < -0.4 is 0 Å². The standard InChI is InChI=1S/C27H33Cl2N3O3/c1-3-22(18-31-10-13-35-14-11-31)32-25(24-8-7-21(29)17-30-24)23(19-5-4-6-20(28)15-19)16-27(2,9-12-33)26(32)34/h4-8,12,15,17,22-23,25H,3,9-11,13-14,16,18H2,1-2H3/t22?,23-,25+,27+/m1/s1. The van der Waals surface area contributed by atoms with E-state index in [1.54, 1.807) is 6.20 Å². The van der Waals surface area contributed by atoms with Crippen molar-refractivity contribution in [3.8, 4) is 0 Å².